The van der Waals surface area contributed by atoms with Crippen molar-refractivity contribution in [2.45, 2.75) is 359 Å². The van der Waals surface area contributed by atoms with Gasteiger partial charge in [0.2, 0.25) is 18.1 Å². The van der Waals surface area contributed by atoms with Gasteiger partial charge in [-0.05, 0) is 64.7 Å². The summed E-state index contributed by atoms with van der Waals surface area (Å²) in [6, 6.07) is -2.33. The van der Waals surface area contributed by atoms with Crippen LogP contribution in [0.3, 0.4) is 0 Å². The quantitative estimate of drug-likeness (QED) is 0.0144. The van der Waals surface area contributed by atoms with Gasteiger partial charge in [-0.2, -0.15) is 0 Å². The van der Waals surface area contributed by atoms with Crippen LogP contribution in [0.25, 0.3) is 0 Å². The number of hydrogen-bond acceptors (Lipinski definition) is 18. The van der Waals surface area contributed by atoms with Crippen molar-refractivity contribution >= 4 is 31.6 Å². The van der Waals surface area contributed by atoms with Crippen molar-refractivity contribution in [1.82, 2.24) is 10.6 Å². The van der Waals surface area contributed by atoms with Gasteiger partial charge < -0.3 is 58.0 Å². The van der Waals surface area contributed by atoms with Crippen molar-refractivity contribution in [2.75, 3.05) is 60.5 Å². The molecule has 0 aromatic rings. The van der Waals surface area contributed by atoms with Crippen molar-refractivity contribution in [3.8, 4) is 0 Å². The molecular formula is C79H141N2O18P. The first-order valence-corrected chi connectivity index (χ1v) is 40.7. The lowest BCUT2D eigenvalue weighted by atomic mass is 9.95. The number of rotatable bonds is 68. The lowest BCUT2D eigenvalue weighted by molar-refractivity contribution is -0.303. The van der Waals surface area contributed by atoms with Crippen LogP contribution < -0.4 is 10.6 Å². The highest BCUT2D eigenvalue weighted by Crippen LogP contribution is 2.52. The number of Topliss-reactive ketones (excluding diaryl/α,β-unsaturated/α-hetero) is 1. The fourth-order valence-electron chi connectivity index (χ4n) is 12.5. The van der Waals surface area contributed by atoms with Gasteiger partial charge in [0.15, 0.2) is 12.4 Å². The second kappa shape index (κ2) is 62.6. The Morgan fingerprint density at radius 2 is 0.970 bits per heavy atom. The van der Waals surface area contributed by atoms with Gasteiger partial charge in [0.05, 0.1) is 45.2 Å². The number of nitrogens with one attached hydrogen (secondary N) is 2. The highest BCUT2D eigenvalue weighted by molar-refractivity contribution is 7.48. The molecule has 0 aromatic carbocycles. The van der Waals surface area contributed by atoms with E-state index in [1.54, 1.807) is 20.1 Å². The Bertz CT molecular complexity index is 2170. The third-order valence-electron chi connectivity index (χ3n) is 18.2. The number of phosphoric acid groups is 1. The van der Waals surface area contributed by atoms with E-state index in [0.717, 1.165) is 141 Å². The number of methoxy groups -OCH3 is 2. The normalized spacial score (nSPS) is 21.3. The molecule has 0 aromatic heterocycles. The minimum absolute atomic E-state index is 0.103. The van der Waals surface area contributed by atoms with Crippen molar-refractivity contribution in [3.63, 3.8) is 0 Å². The topological polar surface area (TPSA) is 229 Å². The molecule has 11 atom stereocenters. The molecule has 2 N–H and O–H groups in total. The first-order chi connectivity index (χ1) is 48.8. The van der Waals surface area contributed by atoms with Crippen LogP contribution in [-0.2, 0) is 79.9 Å². The van der Waals surface area contributed by atoms with Crippen LogP contribution in [0.15, 0.2) is 62.5 Å². The maximum absolute atomic E-state index is 14.8. The fourth-order valence-corrected chi connectivity index (χ4v) is 13.8. The summed E-state index contributed by atoms with van der Waals surface area (Å²) in [7, 11) is -1.33. The molecular weight excluding hydrogens is 1300 g/mol. The monoisotopic (exact) mass is 1440 g/mol. The molecule has 2 aliphatic rings. The summed E-state index contributed by atoms with van der Waals surface area (Å²) >= 11 is 0. The molecule has 0 radical (unpaired) electrons. The number of amides is 2. The van der Waals surface area contributed by atoms with E-state index in [0.29, 0.717) is 25.7 Å². The van der Waals surface area contributed by atoms with Gasteiger partial charge in [-0.1, -0.05) is 251 Å². The second-order valence-corrected chi connectivity index (χ2v) is 28.5. The van der Waals surface area contributed by atoms with Crippen LogP contribution in [0.5, 0.6) is 0 Å². The summed E-state index contributed by atoms with van der Waals surface area (Å²) in [5.41, 5.74) is 0. The van der Waals surface area contributed by atoms with Crippen molar-refractivity contribution in [1.29, 1.82) is 0 Å². The van der Waals surface area contributed by atoms with E-state index in [1.807, 2.05) is 0 Å². The summed E-state index contributed by atoms with van der Waals surface area (Å²) in [4.78, 5) is 56.2. The van der Waals surface area contributed by atoms with E-state index < -0.39 is 94.2 Å². The van der Waals surface area contributed by atoms with Crippen molar-refractivity contribution in [3.05, 3.63) is 62.5 Å². The average Bonchev–Trinajstić information content (AvgIpc) is 0.784. The first kappa shape index (κ1) is 92.3. The van der Waals surface area contributed by atoms with E-state index in [-0.39, 0.29) is 70.3 Å². The molecule has 2 amide bonds. The zero-order chi connectivity index (χ0) is 73.0. The van der Waals surface area contributed by atoms with Gasteiger partial charge in [-0.25, -0.2) is 9.36 Å². The van der Waals surface area contributed by atoms with Crippen molar-refractivity contribution in [2.24, 2.45) is 0 Å². The molecule has 0 spiro atoms. The van der Waals surface area contributed by atoms with E-state index in [2.05, 4.69) is 70.2 Å². The molecule has 21 heteroatoms. The molecule has 2 saturated heterocycles. The molecule has 580 valence electrons. The Morgan fingerprint density at radius 3 is 1.52 bits per heavy atom. The number of carbonyl (C=O) groups excluding carboxylic acids is 4. The summed E-state index contributed by atoms with van der Waals surface area (Å²) in [5.74, 6) is -1.10. The Balaban J connectivity index is 2.74. The van der Waals surface area contributed by atoms with Gasteiger partial charge in [0.25, 0.3) is 0 Å². The number of ether oxygens (including phenoxy) is 10. The number of ketones is 1. The number of allylic oxidation sites excluding steroid dienone is 3. The predicted molar refractivity (Wildman–Crippen MR) is 398 cm³/mol. The SMILES string of the molecule is C=CCOC(=O)O[C@@H]1C(CO[C@@H]2O[C@H](COC)[C@@H](OP(=O)(OCC=C)OCC=C)[C@H](OCC[C@@H](CCCCCCC)OC)[C@H]2NC(=O)CCCCCCCCC/C=C\CCCCCC)O[C@H](O/C=C\C)[C@H](NC(=O)CC(=O)CCCCCCCCCCC)[C@H]1OCCCCCCCCCC. The van der Waals surface area contributed by atoms with Crippen LogP contribution >= 0.6 is 7.82 Å². The minimum atomic E-state index is -4.49. The molecule has 2 fully saturated rings. The fraction of sp³-hybridized carbons (Fsp3) is 0.823. The zero-order valence-corrected chi connectivity index (χ0v) is 64.4. The molecule has 0 aliphatic carbocycles. The smallest absolute Gasteiger partial charge is 0.471 e. The largest absolute Gasteiger partial charge is 0.509 e. The summed E-state index contributed by atoms with van der Waals surface area (Å²) in [5, 5.41) is 6.22. The molecule has 100 heavy (non-hydrogen) atoms. The third kappa shape index (κ3) is 43.5. The predicted octanol–water partition coefficient (Wildman–Crippen LogP) is 18.8. The van der Waals surface area contributed by atoms with Gasteiger partial charge in [-0.15, -0.1) is 13.2 Å². The molecule has 0 saturated carbocycles. The summed E-state index contributed by atoms with van der Waals surface area (Å²) in [6.07, 6.45) is 39.6. The lowest BCUT2D eigenvalue weighted by Crippen LogP contribution is -2.68. The summed E-state index contributed by atoms with van der Waals surface area (Å²) in [6.45, 7) is 21.0. The Labute approximate surface area is 606 Å². The molecule has 2 heterocycles. The molecule has 2 aliphatic heterocycles. The van der Waals surface area contributed by atoms with Crippen LogP contribution in [0.2, 0.25) is 0 Å². The molecule has 1 unspecified atom stereocenters. The number of unbranched alkanes of at least 4 members (excludes halogenated alkanes) is 30. The lowest BCUT2D eigenvalue weighted by Gasteiger charge is -2.48. The maximum atomic E-state index is 14.8. The van der Waals surface area contributed by atoms with Crippen LogP contribution in [0.1, 0.15) is 291 Å². The van der Waals surface area contributed by atoms with Crippen LogP contribution in [0.4, 0.5) is 4.79 Å². The average molecular weight is 1440 g/mol. The standard InChI is InChI=1S/C79H141N2O18P/c1-11-19-23-27-30-33-34-35-36-37-38-40-42-46-50-54-69(83)80-72-76(90-61-55-66(88-10)53-49-44-26-22-14-4)74(99-100(86,94-58-17-7)95-59-18-8)67(63-87-9)96-78(72)93-64-68-73(98-79(85)92-57-16-6)75(89-60-51-47-43-32-29-25-21-13-3)71(77(97-68)91-56-15-5)81-70(84)62-65(82)52-48-45-41-39-31-28-24-20-12-2/h15-18,33-34,56,66-68,71-78H,6-8,11-14,19-32,35-55,57-64H2,1-5,9-10H3,(H,80,83)(H,81,84)/b34-33-,56-15-/t66-,67-,68?,71-,72-,73-,74-,75-,76-,77+,78-/m1/s1. The van der Waals surface area contributed by atoms with Gasteiger partial charge in [0, 0.05) is 40.3 Å². The van der Waals surface area contributed by atoms with Gasteiger partial charge >= 0.3 is 14.0 Å². The van der Waals surface area contributed by atoms with Gasteiger partial charge in [-0.3, -0.25) is 28.0 Å². The molecule has 20 nitrogen and oxygen atoms in total. The highest BCUT2D eigenvalue weighted by Gasteiger charge is 2.54. The highest BCUT2D eigenvalue weighted by atomic mass is 31.2. The van der Waals surface area contributed by atoms with Crippen molar-refractivity contribution < 1.29 is 84.7 Å². The number of hydrogen-bond donors (Lipinski definition) is 2. The van der Waals surface area contributed by atoms with Crippen LogP contribution in [0, 0.1) is 0 Å². The minimum Gasteiger partial charge on any atom is -0.471 e. The van der Waals surface area contributed by atoms with E-state index in [1.165, 1.54) is 102 Å². The van der Waals surface area contributed by atoms with Crippen LogP contribution in [-0.4, -0.2) is 152 Å². The number of carbonyl (C=O) groups is 4. The second-order valence-electron chi connectivity index (χ2n) is 26.9. The Kier molecular flexibility index (Phi) is 57.8. The van der Waals surface area contributed by atoms with E-state index in [4.69, 9.17) is 60.9 Å². The molecule has 2 rings (SSSR count). The third-order valence-corrected chi connectivity index (χ3v) is 19.6. The Hall–Kier alpha value is -3.79. The Morgan fingerprint density at radius 1 is 0.500 bits per heavy atom. The zero-order valence-electron chi connectivity index (χ0n) is 63.5. The van der Waals surface area contributed by atoms with Gasteiger partial charge in [0.1, 0.15) is 55.0 Å². The first-order valence-electron chi connectivity index (χ1n) is 39.3. The maximum Gasteiger partial charge on any atom is 0.509 e. The molecule has 0 bridgehead atoms. The van der Waals surface area contributed by atoms with E-state index in [9.17, 15) is 23.7 Å². The number of phosphoric ester groups is 1. The van der Waals surface area contributed by atoms with E-state index >= 15 is 0 Å². The summed E-state index contributed by atoms with van der Waals surface area (Å²) < 4.78 is 96.9.